The summed E-state index contributed by atoms with van der Waals surface area (Å²) in [7, 11) is 0. The first kappa shape index (κ1) is 17.1. The van der Waals surface area contributed by atoms with Crippen molar-refractivity contribution in [2.24, 2.45) is 0 Å². The molecular weight excluding hydrogens is 364 g/mol. The number of fused-ring (bicyclic) bond motifs is 1. The zero-order chi connectivity index (χ0) is 18.8. The first-order chi connectivity index (χ1) is 13.1. The molecule has 0 radical (unpaired) electrons. The minimum absolute atomic E-state index is 0.163. The van der Waals surface area contributed by atoms with E-state index in [-0.39, 0.29) is 5.65 Å². The van der Waals surface area contributed by atoms with Gasteiger partial charge in [0, 0.05) is 17.8 Å². The second kappa shape index (κ2) is 7.09. The normalized spacial score (nSPS) is 10.9. The van der Waals surface area contributed by atoms with Gasteiger partial charge in [-0.05, 0) is 41.0 Å². The minimum Gasteiger partial charge on any atom is -0.422 e. The predicted octanol–water partition coefficient (Wildman–Crippen LogP) is 3.96. The van der Waals surface area contributed by atoms with Gasteiger partial charge >= 0.3 is 5.69 Å². The van der Waals surface area contributed by atoms with Crippen LogP contribution in [0.3, 0.4) is 0 Å². The van der Waals surface area contributed by atoms with Crippen LogP contribution in [-0.2, 0) is 6.54 Å². The fourth-order valence-electron chi connectivity index (χ4n) is 2.85. The molecule has 2 N–H and O–H groups in total. The molecule has 7 heteroatoms. The van der Waals surface area contributed by atoms with Gasteiger partial charge in [0.05, 0.1) is 5.39 Å². The molecule has 0 spiro atoms. The molecule has 4 rings (SSSR count). The van der Waals surface area contributed by atoms with Crippen LogP contribution in [-0.4, -0.2) is 19.9 Å². The highest BCUT2D eigenvalue weighted by Gasteiger charge is 2.10. The lowest BCUT2D eigenvalue weighted by Gasteiger charge is -2.10. The average molecular weight is 379 g/mol. The monoisotopic (exact) mass is 378 g/mol. The van der Waals surface area contributed by atoms with E-state index in [1.165, 1.54) is 6.20 Å². The Hall–Kier alpha value is -3.38. The Balaban J connectivity index is 1.57. The molecule has 0 fully saturated rings. The molecule has 0 unspecified atom stereocenters. The molecule has 27 heavy (non-hydrogen) atoms. The molecule has 0 aliphatic heterocycles. The van der Waals surface area contributed by atoms with Gasteiger partial charge < -0.3 is 10.5 Å². The van der Waals surface area contributed by atoms with Crippen LogP contribution in [0.25, 0.3) is 22.2 Å². The van der Waals surface area contributed by atoms with Gasteiger partial charge in [0.2, 0.25) is 0 Å². The summed E-state index contributed by atoms with van der Waals surface area (Å²) in [5.74, 6) is 0.382. The Bertz CT molecular complexity index is 1170. The molecule has 0 amide bonds. The van der Waals surface area contributed by atoms with Crippen LogP contribution in [0, 0.1) is 0 Å². The summed E-state index contributed by atoms with van der Waals surface area (Å²) in [6, 6.07) is 19.2. The number of nitrogens with one attached hydrogen (secondary N) is 1. The van der Waals surface area contributed by atoms with E-state index in [4.69, 9.17) is 11.6 Å². The first-order valence-electron chi connectivity index (χ1n) is 8.27. The molecule has 2 aromatic carbocycles. The lowest BCUT2D eigenvalue weighted by Crippen LogP contribution is -2.23. The van der Waals surface area contributed by atoms with Gasteiger partial charge in [-0.25, -0.2) is 9.78 Å². The molecule has 0 atom stereocenters. The fourth-order valence-corrected chi connectivity index (χ4v) is 3.04. The second-order valence-corrected chi connectivity index (χ2v) is 6.43. The van der Waals surface area contributed by atoms with E-state index in [2.05, 4.69) is 15.3 Å². The molecule has 2 heterocycles. The van der Waals surface area contributed by atoms with Crippen molar-refractivity contribution >= 4 is 28.5 Å². The molecule has 4 aromatic rings. The standard InChI is InChI=1S/C20H15ClN4O2/c21-16-4-1-3-15(11-16)14-8-6-13(7-9-14)12-23-18-17-5-2-10-22-19(17)25(27)20(26)24-18/h1-11,27H,12H2,(H,23,24,26). The first-order valence-corrected chi connectivity index (χ1v) is 8.65. The molecule has 0 aliphatic carbocycles. The van der Waals surface area contributed by atoms with Gasteiger partial charge in [0.1, 0.15) is 5.82 Å². The summed E-state index contributed by atoms with van der Waals surface area (Å²) in [4.78, 5) is 19.7. The number of rotatable bonds is 4. The number of hydrogen-bond acceptors (Lipinski definition) is 5. The van der Waals surface area contributed by atoms with Crippen LogP contribution in [0.2, 0.25) is 5.02 Å². The molecule has 134 valence electrons. The van der Waals surface area contributed by atoms with E-state index in [0.29, 0.717) is 27.5 Å². The zero-order valence-corrected chi connectivity index (χ0v) is 14.9. The highest BCUT2D eigenvalue weighted by Crippen LogP contribution is 2.23. The third kappa shape index (κ3) is 3.47. The Kier molecular flexibility index (Phi) is 4.48. The third-order valence-electron chi connectivity index (χ3n) is 4.20. The molecular formula is C20H15ClN4O2. The quantitative estimate of drug-likeness (QED) is 0.525. The van der Waals surface area contributed by atoms with E-state index in [1.54, 1.807) is 12.1 Å². The number of halogens is 1. The van der Waals surface area contributed by atoms with Crippen molar-refractivity contribution in [3.8, 4) is 11.1 Å². The minimum atomic E-state index is -0.778. The zero-order valence-electron chi connectivity index (χ0n) is 14.1. The van der Waals surface area contributed by atoms with Crippen LogP contribution >= 0.6 is 11.6 Å². The third-order valence-corrected chi connectivity index (χ3v) is 4.44. The molecule has 2 aromatic heterocycles. The molecule has 0 aliphatic rings. The van der Waals surface area contributed by atoms with Crippen LogP contribution in [0.4, 0.5) is 5.82 Å². The van der Waals surface area contributed by atoms with Crippen molar-refractivity contribution in [2.45, 2.75) is 6.54 Å². The summed E-state index contributed by atoms with van der Waals surface area (Å²) in [5, 5.41) is 14.2. The summed E-state index contributed by atoms with van der Waals surface area (Å²) in [5.41, 5.74) is 2.52. The summed E-state index contributed by atoms with van der Waals surface area (Å²) >= 11 is 6.05. The smallest absolute Gasteiger partial charge is 0.384 e. The van der Waals surface area contributed by atoms with E-state index >= 15 is 0 Å². The van der Waals surface area contributed by atoms with Crippen molar-refractivity contribution < 1.29 is 5.21 Å². The number of nitrogens with zero attached hydrogens (tertiary/aromatic N) is 3. The summed E-state index contributed by atoms with van der Waals surface area (Å²) < 4.78 is 0.445. The lowest BCUT2D eigenvalue weighted by molar-refractivity contribution is 0.182. The van der Waals surface area contributed by atoms with Gasteiger partial charge in [-0.3, -0.25) is 0 Å². The fraction of sp³-hybridized carbons (Fsp3) is 0.0500. The van der Waals surface area contributed by atoms with Crippen LogP contribution in [0.1, 0.15) is 5.56 Å². The van der Waals surface area contributed by atoms with Crippen molar-refractivity contribution in [3.05, 3.63) is 87.9 Å². The predicted molar refractivity (Wildman–Crippen MR) is 105 cm³/mol. The maximum absolute atomic E-state index is 11.8. The van der Waals surface area contributed by atoms with Crippen LogP contribution in [0.5, 0.6) is 0 Å². The Morgan fingerprint density at radius 1 is 1.04 bits per heavy atom. The lowest BCUT2D eigenvalue weighted by atomic mass is 10.0. The maximum Gasteiger partial charge on any atom is 0.384 e. The van der Waals surface area contributed by atoms with Gasteiger partial charge in [-0.1, -0.05) is 48.0 Å². The molecule has 6 nitrogen and oxygen atoms in total. The summed E-state index contributed by atoms with van der Waals surface area (Å²) in [6.45, 7) is 0.474. The van der Waals surface area contributed by atoms with Crippen molar-refractivity contribution in [1.82, 2.24) is 14.7 Å². The number of aromatic nitrogens is 3. The number of anilines is 1. The van der Waals surface area contributed by atoms with Crippen LogP contribution < -0.4 is 11.0 Å². The van der Waals surface area contributed by atoms with Gasteiger partial charge in [-0.15, -0.1) is 4.73 Å². The average Bonchev–Trinajstić information content (AvgIpc) is 2.70. The van der Waals surface area contributed by atoms with E-state index in [1.807, 2.05) is 48.5 Å². The van der Waals surface area contributed by atoms with Gasteiger partial charge in [-0.2, -0.15) is 4.98 Å². The van der Waals surface area contributed by atoms with E-state index in [0.717, 1.165) is 16.7 Å². The van der Waals surface area contributed by atoms with E-state index in [9.17, 15) is 10.0 Å². The topological polar surface area (TPSA) is 80.0 Å². The van der Waals surface area contributed by atoms with Gasteiger partial charge in [0.25, 0.3) is 0 Å². The molecule has 0 saturated heterocycles. The Labute approximate surface area is 159 Å². The Morgan fingerprint density at radius 2 is 1.85 bits per heavy atom. The molecule has 0 saturated carbocycles. The highest BCUT2D eigenvalue weighted by atomic mass is 35.5. The number of pyridine rings is 1. The van der Waals surface area contributed by atoms with Crippen molar-refractivity contribution in [3.63, 3.8) is 0 Å². The number of benzene rings is 2. The van der Waals surface area contributed by atoms with Crippen LogP contribution in [0.15, 0.2) is 71.7 Å². The summed E-state index contributed by atoms with van der Waals surface area (Å²) in [6.07, 6.45) is 1.51. The SMILES string of the molecule is O=c1nc(NCc2ccc(-c3cccc(Cl)c3)cc2)c2cccnc2n1O. The van der Waals surface area contributed by atoms with Crippen molar-refractivity contribution in [1.29, 1.82) is 0 Å². The maximum atomic E-state index is 11.8. The Morgan fingerprint density at radius 3 is 2.63 bits per heavy atom. The number of hydrogen-bond donors (Lipinski definition) is 2. The second-order valence-electron chi connectivity index (χ2n) is 5.99. The van der Waals surface area contributed by atoms with Crippen molar-refractivity contribution in [2.75, 3.05) is 5.32 Å². The van der Waals surface area contributed by atoms with Gasteiger partial charge in [0.15, 0.2) is 5.65 Å². The molecule has 0 bridgehead atoms. The largest absolute Gasteiger partial charge is 0.422 e. The highest BCUT2D eigenvalue weighted by molar-refractivity contribution is 6.30. The van der Waals surface area contributed by atoms with E-state index < -0.39 is 5.69 Å².